The molecule has 5 rings (SSSR count). The van der Waals surface area contributed by atoms with Crippen LogP contribution < -0.4 is 10.1 Å². The summed E-state index contributed by atoms with van der Waals surface area (Å²) in [5, 5.41) is 24.8. The van der Waals surface area contributed by atoms with Gasteiger partial charge in [0.25, 0.3) is 5.91 Å². The second-order valence-corrected chi connectivity index (χ2v) is 8.20. The van der Waals surface area contributed by atoms with E-state index in [1.165, 1.54) is 24.3 Å². The van der Waals surface area contributed by atoms with Crippen molar-refractivity contribution in [1.82, 2.24) is 5.16 Å². The van der Waals surface area contributed by atoms with Crippen LogP contribution in [0.4, 0.5) is 5.69 Å². The van der Waals surface area contributed by atoms with Crippen molar-refractivity contribution in [1.29, 1.82) is 5.26 Å². The molecule has 0 saturated heterocycles. The summed E-state index contributed by atoms with van der Waals surface area (Å²) in [4.78, 5) is 24.4. The Morgan fingerprint density at radius 2 is 1.58 bits per heavy atom. The minimum Gasteiger partial charge on any atom is -0.478 e. The minimum absolute atomic E-state index is 0.0359. The van der Waals surface area contributed by atoms with Gasteiger partial charge >= 0.3 is 5.97 Å². The molecule has 0 spiro atoms. The molecule has 1 aromatic heterocycles. The summed E-state index contributed by atoms with van der Waals surface area (Å²) in [5.74, 6) is -0.520. The van der Waals surface area contributed by atoms with Crippen LogP contribution in [-0.2, 0) is 0 Å². The third-order valence-electron chi connectivity index (χ3n) is 5.71. The maximum Gasteiger partial charge on any atom is 0.337 e. The Morgan fingerprint density at radius 1 is 0.868 bits per heavy atom. The van der Waals surface area contributed by atoms with Crippen LogP contribution in [-0.4, -0.2) is 22.1 Å². The predicted molar refractivity (Wildman–Crippen MR) is 140 cm³/mol. The van der Waals surface area contributed by atoms with E-state index in [0.29, 0.717) is 22.8 Å². The number of nitrogens with one attached hydrogen (secondary N) is 1. The normalized spacial score (nSPS) is 10.4. The van der Waals surface area contributed by atoms with Crippen molar-refractivity contribution in [3.05, 3.63) is 120 Å². The minimum atomic E-state index is -1.28. The van der Waals surface area contributed by atoms with Gasteiger partial charge in [0, 0.05) is 6.07 Å². The quantitative estimate of drug-likeness (QED) is 0.257. The molecule has 0 saturated carbocycles. The Hall–Kier alpha value is -5.68. The fourth-order valence-corrected chi connectivity index (χ4v) is 3.83. The average Bonchev–Trinajstić information content (AvgIpc) is 3.45. The zero-order valence-corrected chi connectivity index (χ0v) is 19.8. The molecule has 8 nitrogen and oxygen atoms in total. The summed E-state index contributed by atoms with van der Waals surface area (Å²) in [7, 11) is 0. The third-order valence-corrected chi connectivity index (χ3v) is 5.71. The van der Waals surface area contributed by atoms with E-state index in [1.54, 1.807) is 18.2 Å². The van der Waals surface area contributed by atoms with Gasteiger partial charge in [-0.2, -0.15) is 5.26 Å². The first-order chi connectivity index (χ1) is 18.5. The number of aromatic carboxylic acids is 1. The van der Waals surface area contributed by atoms with E-state index >= 15 is 0 Å². The number of nitrogens with zero attached hydrogens (tertiary/aromatic N) is 2. The lowest BCUT2D eigenvalue weighted by molar-refractivity contribution is 0.0698. The maximum atomic E-state index is 12.8. The van der Waals surface area contributed by atoms with E-state index < -0.39 is 11.9 Å². The van der Waals surface area contributed by atoms with E-state index in [-0.39, 0.29) is 22.5 Å². The number of hydrogen-bond acceptors (Lipinski definition) is 6. The predicted octanol–water partition coefficient (Wildman–Crippen LogP) is 6.62. The van der Waals surface area contributed by atoms with Gasteiger partial charge in [-0.05, 0) is 53.6 Å². The highest BCUT2D eigenvalue weighted by Crippen LogP contribution is 2.34. The lowest BCUT2D eigenvalue weighted by Gasteiger charge is -2.10. The Labute approximate surface area is 217 Å². The van der Waals surface area contributed by atoms with Crippen molar-refractivity contribution in [2.75, 3.05) is 5.32 Å². The Balaban J connectivity index is 1.35. The highest BCUT2D eigenvalue weighted by Gasteiger charge is 2.19. The molecule has 0 aliphatic heterocycles. The summed E-state index contributed by atoms with van der Waals surface area (Å²) < 4.78 is 11.5. The molecule has 38 heavy (non-hydrogen) atoms. The van der Waals surface area contributed by atoms with Gasteiger partial charge in [0.2, 0.25) is 0 Å². The van der Waals surface area contributed by atoms with Crippen LogP contribution in [0.1, 0.15) is 26.4 Å². The molecule has 0 aliphatic carbocycles. The largest absolute Gasteiger partial charge is 0.478 e. The van der Waals surface area contributed by atoms with Crippen LogP contribution in [0, 0.1) is 11.3 Å². The lowest BCUT2D eigenvalue weighted by atomic mass is 10.1. The summed E-state index contributed by atoms with van der Waals surface area (Å²) >= 11 is 0. The van der Waals surface area contributed by atoms with Gasteiger partial charge in [-0.3, -0.25) is 4.79 Å². The Kier molecular flexibility index (Phi) is 6.65. The fourth-order valence-electron chi connectivity index (χ4n) is 3.83. The number of rotatable bonds is 7. The number of amides is 1. The highest BCUT2D eigenvalue weighted by atomic mass is 16.5. The molecule has 184 valence electrons. The smallest absolute Gasteiger partial charge is 0.337 e. The van der Waals surface area contributed by atoms with Crippen molar-refractivity contribution in [2.45, 2.75) is 0 Å². The number of carbonyl (C=O) groups excluding carboxylic acids is 1. The van der Waals surface area contributed by atoms with E-state index in [2.05, 4.69) is 10.5 Å². The number of benzene rings is 4. The summed E-state index contributed by atoms with van der Waals surface area (Å²) in [6, 6.07) is 32.1. The number of carboxylic acid groups (broad SMARTS) is 1. The van der Waals surface area contributed by atoms with Crippen LogP contribution in [0.25, 0.3) is 22.5 Å². The molecular formula is C30H19N3O5. The molecule has 8 heteroatoms. The molecule has 1 heterocycles. The van der Waals surface area contributed by atoms with Crippen LogP contribution in [0.3, 0.4) is 0 Å². The van der Waals surface area contributed by atoms with Crippen LogP contribution >= 0.6 is 0 Å². The molecule has 0 atom stereocenters. The topological polar surface area (TPSA) is 125 Å². The number of hydrogen-bond donors (Lipinski definition) is 2. The van der Waals surface area contributed by atoms with E-state index in [9.17, 15) is 14.7 Å². The van der Waals surface area contributed by atoms with E-state index in [1.807, 2.05) is 66.7 Å². The fraction of sp³-hybridized carbons (Fsp3) is 0. The molecule has 0 fully saturated rings. The SMILES string of the molecule is N#Cc1ccc(NC(=O)c2cc(-c3ccccc3Oc3ccc(-c4ccccc4)cc3)on2)c(C(=O)O)c1. The lowest BCUT2D eigenvalue weighted by Crippen LogP contribution is -2.15. The molecule has 0 bridgehead atoms. The first kappa shape index (κ1) is 24.0. The molecule has 5 aromatic rings. The van der Waals surface area contributed by atoms with Gasteiger partial charge in [0.1, 0.15) is 11.5 Å². The second kappa shape index (κ2) is 10.5. The molecule has 2 N–H and O–H groups in total. The monoisotopic (exact) mass is 501 g/mol. The van der Waals surface area contributed by atoms with Gasteiger partial charge in [-0.1, -0.05) is 59.8 Å². The summed E-state index contributed by atoms with van der Waals surface area (Å²) in [6.07, 6.45) is 0. The number of carbonyl (C=O) groups is 2. The number of ether oxygens (including phenoxy) is 1. The van der Waals surface area contributed by atoms with Gasteiger partial charge in [0.15, 0.2) is 11.5 Å². The van der Waals surface area contributed by atoms with Crippen LogP contribution in [0.2, 0.25) is 0 Å². The van der Waals surface area contributed by atoms with Gasteiger partial charge in [-0.15, -0.1) is 0 Å². The Bertz CT molecular complexity index is 1670. The first-order valence-electron chi connectivity index (χ1n) is 11.5. The van der Waals surface area contributed by atoms with Crippen molar-refractivity contribution < 1.29 is 24.0 Å². The van der Waals surface area contributed by atoms with Gasteiger partial charge < -0.3 is 19.7 Å². The van der Waals surface area contributed by atoms with E-state index in [0.717, 1.165) is 11.1 Å². The molecule has 0 aliphatic rings. The average molecular weight is 501 g/mol. The first-order valence-corrected chi connectivity index (χ1v) is 11.5. The number of aromatic nitrogens is 1. The van der Waals surface area contributed by atoms with Crippen LogP contribution in [0.15, 0.2) is 108 Å². The molecule has 1 amide bonds. The van der Waals surface area contributed by atoms with E-state index in [4.69, 9.17) is 14.5 Å². The second-order valence-electron chi connectivity index (χ2n) is 8.20. The maximum absolute atomic E-state index is 12.8. The standard InChI is InChI=1S/C30H19N3O5/c31-18-19-10-15-25(24(16-19)30(35)36)32-29(34)26-17-28(38-33-26)23-8-4-5-9-27(23)37-22-13-11-21(12-14-22)20-6-2-1-3-7-20/h1-17H,(H,32,34)(H,35,36). The number of para-hydroxylation sites is 1. The number of nitriles is 1. The molecule has 4 aromatic carbocycles. The summed E-state index contributed by atoms with van der Waals surface area (Å²) in [5.41, 5.74) is 2.68. The van der Waals surface area contributed by atoms with Crippen molar-refractivity contribution >= 4 is 17.6 Å². The van der Waals surface area contributed by atoms with Crippen molar-refractivity contribution in [2.24, 2.45) is 0 Å². The van der Waals surface area contributed by atoms with Crippen LogP contribution in [0.5, 0.6) is 11.5 Å². The third kappa shape index (κ3) is 5.12. The number of carboxylic acids is 1. The van der Waals surface area contributed by atoms with Gasteiger partial charge in [0.05, 0.1) is 28.4 Å². The zero-order chi connectivity index (χ0) is 26.5. The molecule has 0 unspecified atom stereocenters. The zero-order valence-electron chi connectivity index (χ0n) is 19.8. The summed E-state index contributed by atoms with van der Waals surface area (Å²) in [6.45, 7) is 0. The van der Waals surface area contributed by atoms with Crippen molar-refractivity contribution in [3.63, 3.8) is 0 Å². The molecular weight excluding hydrogens is 482 g/mol. The Morgan fingerprint density at radius 3 is 2.32 bits per heavy atom. The number of anilines is 1. The van der Waals surface area contributed by atoms with Crippen molar-refractivity contribution in [3.8, 4) is 40.0 Å². The molecule has 0 radical (unpaired) electrons. The highest BCUT2D eigenvalue weighted by molar-refractivity contribution is 6.07. The van der Waals surface area contributed by atoms with Gasteiger partial charge in [-0.25, -0.2) is 4.79 Å².